The molecule has 2 amide bonds. The number of carbonyl (C=O) groups excluding carboxylic acids is 1. The third kappa shape index (κ3) is 3.45. The van der Waals surface area contributed by atoms with E-state index in [1.807, 2.05) is 6.07 Å². The van der Waals surface area contributed by atoms with Crippen molar-refractivity contribution in [3.05, 3.63) is 53.3 Å². The molecular formula is C17H15ClN6O2. The lowest BCUT2D eigenvalue weighted by Gasteiger charge is -2.26. The number of aromatic nitrogens is 4. The number of nitrogens with zero attached hydrogens (tertiary/aromatic N) is 3. The van der Waals surface area contributed by atoms with E-state index in [4.69, 9.17) is 16.3 Å². The second-order valence-corrected chi connectivity index (χ2v) is 6.16. The number of carbonyl (C=O) groups is 1. The van der Waals surface area contributed by atoms with E-state index < -0.39 is 0 Å². The standard InChI is InChI=1S/C17H15ClN6O2/c18-11-1-2-12-13(5-8-26-14(12)9-11)20-17(25)22-16-21-15(23-24-16)10-3-6-19-7-4-10/h1-4,6-7,9,13H,5,8H2,(H3,20,21,22,23,24,25). The van der Waals surface area contributed by atoms with Gasteiger partial charge in [-0.05, 0) is 24.3 Å². The molecule has 0 radical (unpaired) electrons. The van der Waals surface area contributed by atoms with Gasteiger partial charge in [0.05, 0.1) is 12.6 Å². The number of rotatable bonds is 3. The van der Waals surface area contributed by atoms with Crippen molar-refractivity contribution in [1.82, 2.24) is 25.5 Å². The van der Waals surface area contributed by atoms with Crippen LogP contribution in [0.3, 0.4) is 0 Å². The van der Waals surface area contributed by atoms with Gasteiger partial charge in [0.2, 0.25) is 5.95 Å². The smallest absolute Gasteiger partial charge is 0.322 e. The first-order valence-corrected chi connectivity index (χ1v) is 8.40. The van der Waals surface area contributed by atoms with Crippen molar-refractivity contribution in [2.75, 3.05) is 11.9 Å². The van der Waals surface area contributed by atoms with Gasteiger partial charge >= 0.3 is 6.03 Å². The first-order valence-electron chi connectivity index (χ1n) is 8.02. The topological polar surface area (TPSA) is 105 Å². The summed E-state index contributed by atoms with van der Waals surface area (Å²) in [5, 5.41) is 14.1. The molecular weight excluding hydrogens is 356 g/mol. The summed E-state index contributed by atoms with van der Waals surface area (Å²) < 4.78 is 5.60. The molecule has 0 saturated heterocycles. The number of aromatic amines is 1. The Morgan fingerprint density at radius 3 is 2.92 bits per heavy atom. The second kappa shape index (κ2) is 7.01. The van der Waals surface area contributed by atoms with Crippen LogP contribution in [-0.4, -0.2) is 32.8 Å². The maximum Gasteiger partial charge on any atom is 0.322 e. The zero-order chi connectivity index (χ0) is 17.9. The average Bonchev–Trinajstić information content (AvgIpc) is 3.11. The lowest BCUT2D eigenvalue weighted by Crippen LogP contribution is -2.35. The molecule has 1 aliphatic rings. The summed E-state index contributed by atoms with van der Waals surface area (Å²) in [7, 11) is 0. The minimum absolute atomic E-state index is 0.168. The lowest BCUT2D eigenvalue weighted by molar-refractivity contribution is 0.232. The van der Waals surface area contributed by atoms with Crippen molar-refractivity contribution in [1.29, 1.82) is 0 Å². The van der Waals surface area contributed by atoms with E-state index in [-0.39, 0.29) is 18.0 Å². The SMILES string of the molecule is O=C(Nc1nnc(-c2ccncc2)[nH]1)NC1CCOc2cc(Cl)ccc21. The van der Waals surface area contributed by atoms with Crippen LogP contribution in [0.1, 0.15) is 18.0 Å². The number of fused-ring (bicyclic) bond motifs is 1. The maximum absolute atomic E-state index is 12.3. The molecule has 8 nitrogen and oxygen atoms in total. The number of benzene rings is 1. The molecule has 1 atom stereocenters. The molecule has 0 fully saturated rings. The first kappa shape index (κ1) is 16.3. The second-order valence-electron chi connectivity index (χ2n) is 5.73. The van der Waals surface area contributed by atoms with Gasteiger partial charge < -0.3 is 15.0 Å². The Bertz CT molecular complexity index is 930. The van der Waals surface area contributed by atoms with Gasteiger partial charge in [-0.2, -0.15) is 0 Å². The average molecular weight is 371 g/mol. The highest BCUT2D eigenvalue weighted by atomic mass is 35.5. The summed E-state index contributed by atoms with van der Waals surface area (Å²) >= 11 is 5.99. The summed E-state index contributed by atoms with van der Waals surface area (Å²) in [5.41, 5.74) is 1.72. The number of halogens is 1. The number of ether oxygens (including phenoxy) is 1. The largest absolute Gasteiger partial charge is 0.493 e. The van der Waals surface area contributed by atoms with Gasteiger partial charge in [-0.25, -0.2) is 4.79 Å². The molecule has 0 saturated carbocycles. The third-order valence-electron chi connectivity index (χ3n) is 3.99. The normalized spacial score (nSPS) is 15.7. The Morgan fingerprint density at radius 2 is 2.08 bits per heavy atom. The van der Waals surface area contributed by atoms with Crippen molar-refractivity contribution in [2.24, 2.45) is 0 Å². The van der Waals surface area contributed by atoms with E-state index in [2.05, 4.69) is 30.8 Å². The summed E-state index contributed by atoms with van der Waals surface area (Å²) in [5.74, 6) is 1.50. The molecule has 9 heteroatoms. The zero-order valence-electron chi connectivity index (χ0n) is 13.6. The predicted molar refractivity (Wildman–Crippen MR) is 96.1 cm³/mol. The number of nitrogens with one attached hydrogen (secondary N) is 3. The highest BCUT2D eigenvalue weighted by molar-refractivity contribution is 6.30. The number of anilines is 1. The van der Waals surface area contributed by atoms with E-state index >= 15 is 0 Å². The van der Waals surface area contributed by atoms with Crippen LogP contribution >= 0.6 is 11.6 Å². The van der Waals surface area contributed by atoms with E-state index in [0.29, 0.717) is 29.6 Å². The highest BCUT2D eigenvalue weighted by Crippen LogP contribution is 2.34. The molecule has 1 aliphatic heterocycles. The summed E-state index contributed by atoms with van der Waals surface area (Å²) in [4.78, 5) is 19.2. The highest BCUT2D eigenvalue weighted by Gasteiger charge is 2.23. The van der Waals surface area contributed by atoms with Gasteiger partial charge in [-0.15, -0.1) is 10.2 Å². The van der Waals surface area contributed by atoms with Gasteiger partial charge in [0.1, 0.15) is 5.75 Å². The Balaban J connectivity index is 1.43. The van der Waals surface area contributed by atoms with Gasteiger partial charge in [-0.1, -0.05) is 17.7 Å². The first-order chi connectivity index (χ1) is 12.7. The molecule has 3 aromatic rings. The third-order valence-corrected chi connectivity index (χ3v) is 4.23. The number of hydrogen-bond acceptors (Lipinski definition) is 5. The maximum atomic E-state index is 12.3. The fraction of sp³-hybridized carbons (Fsp3) is 0.176. The van der Waals surface area contributed by atoms with Crippen molar-refractivity contribution in [3.63, 3.8) is 0 Å². The molecule has 4 rings (SSSR count). The van der Waals surface area contributed by atoms with Crippen LogP contribution in [0.4, 0.5) is 10.7 Å². The molecule has 0 aliphatic carbocycles. The van der Waals surface area contributed by atoms with E-state index in [1.54, 1.807) is 36.7 Å². The van der Waals surface area contributed by atoms with Crippen LogP contribution in [0.2, 0.25) is 5.02 Å². The van der Waals surface area contributed by atoms with E-state index in [0.717, 1.165) is 11.1 Å². The molecule has 1 unspecified atom stereocenters. The number of amides is 2. The number of hydrogen-bond donors (Lipinski definition) is 3. The molecule has 2 aromatic heterocycles. The van der Waals surface area contributed by atoms with Crippen LogP contribution < -0.4 is 15.4 Å². The van der Waals surface area contributed by atoms with E-state index in [1.165, 1.54) is 0 Å². The Morgan fingerprint density at radius 1 is 1.23 bits per heavy atom. The fourth-order valence-electron chi connectivity index (χ4n) is 2.77. The van der Waals surface area contributed by atoms with E-state index in [9.17, 15) is 4.79 Å². The van der Waals surface area contributed by atoms with Crippen LogP contribution in [0.5, 0.6) is 5.75 Å². The summed E-state index contributed by atoms with van der Waals surface area (Å²) in [6.45, 7) is 0.507. The molecule has 3 N–H and O–H groups in total. The Labute approximate surface area is 154 Å². The van der Waals surface area contributed by atoms with Crippen molar-refractivity contribution < 1.29 is 9.53 Å². The van der Waals surface area contributed by atoms with Crippen molar-refractivity contribution >= 4 is 23.6 Å². The van der Waals surface area contributed by atoms with Gasteiger partial charge in [0, 0.05) is 35.0 Å². The fourth-order valence-corrected chi connectivity index (χ4v) is 2.94. The summed E-state index contributed by atoms with van der Waals surface area (Å²) in [6, 6.07) is 8.44. The van der Waals surface area contributed by atoms with Crippen molar-refractivity contribution in [3.8, 4) is 17.1 Å². The molecule has 132 valence electrons. The minimum atomic E-state index is -0.379. The zero-order valence-corrected chi connectivity index (χ0v) is 14.3. The van der Waals surface area contributed by atoms with Crippen molar-refractivity contribution in [2.45, 2.75) is 12.5 Å². The van der Waals surface area contributed by atoms with Crippen LogP contribution in [0, 0.1) is 0 Å². The Kier molecular flexibility index (Phi) is 4.40. The molecule has 1 aromatic carbocycles. The summed E-state index contributed by atoms with van der Waals surface area (Å²) in [6.07, 6.45) is 3.99. The number of pyridine rings is 1. The predicted octanol–water partition coefficient (Wildman–Crippen LogP) is 3.17. The molecule has 0 bridgehead atoms. The lowest BCUT2D eigenvalue weighted by atomic mass is 10.0. The molecule has 0 spiro atoms. The van der Waals surface area contributed by atoms with Gasteiger partial charge in [0.25, 0.3) is 0 Å². The molecule has 26 heavy (non-hydrogen) atoms. The monoisotopic (exact) mass is 370 g/mol. The van der Waals surface area contributed by atoms with Crippen LogP contribution in [0.15, 0.2) is 42.7 Å². The van der Waals surface area contributed by atoms with Gasteiger partial charge in [0.15, 0.2) is 5.82 Å². The number of H-pyrrole nitrogens is 1. The van der Waals surface area contributed by atoms with Crippen LogP contribution in [-0.2, 0) is 0 Å². The van der Waals surface area contributed by atoms with Crippen LogP contribution in [0.25, 0.3) is 11.4 Å². The minimum Gasteiger partial charge on any atom is -0.493 e. The quantitative estimate of drug-likeness (QED) is 0.656. The Hall–Kier alpha value is -3.13. The molecule has 3 heterocycles. The van der Waals surface area contributed by atoms with Gasteiger partial charge in [-0.3, -0.25) is 10.3 Å². The number of urea groups is 1.